The van der Waals surface area contributed by atoms with E-state index in [2.05, 4.69) is 0 Å². The van der Waals surface area contributed by atoms with Gasteiger partial charge in [-0.1, -0.05) is 30.3 Å². The van der Waals surface area contributed by atoms with E-state index in [1.165, 1.54) is 14.0 Å². The highest BCUT2D eigenvalue weighted by Gasteiger charge is 2.52. The van der Waals surface area contributed by atoms with Gasteiger partial charge in [-0.2, -0.15) is 26.3 Å². The van der Waals surface area contributed by atoms with Crippen molar-refractivity contribution in [1.29, 1.82) is 0 Å². The van der Waals surface area contributed by atoms with Crippen LogP contribution >= 0.6 is 0 Å². The van der Waals surface area contributed by atoms with E-state index in [-0.39, 0.29) is 18.2 Å². The van der Waals surface area contributed by atoms with Gasteiger partial charge in [0, 0.05) is 18.3 Å². The average Bonchev–Trinajstić information content (AvgIpc) is 2.75. The van der Waals surface area contributed by atoms with Gasteiger partial charge in [-0.25, -0.2) is 0 Å². The molecule has 0 spiro atoms. The fourth-order valence-corrected chi connectivity index (χ4v) is 3.61. The van der Waals surface area contributed by atoms with Crippen molar-refractivity contribution in [3.63, 3.8) is 0 Å². The fourth-order valence-electron chi connectivity index (χ4n) is 3.61. The van der Waals surface area contributed by atoms with Crippen molar-refractivity contribution in [2.45, 2.75) is 31.1 Å². The minimum atomic E-state index is -5.03. The molecule has 1 heterocycles. The molecular formula is C19H15F6NO. The van der Waals surface area contributed by atoms with E-state index in [9.17, 15) is 31.1 Å². The number of anilines is 1. The second-order valence-electron chi connectivity index (χ2n) is 6.77. The Kier molecular flexibility index (Phi) is 4.28. The van der Waals surface area contributed by atoms with Crippen molar-refractivity contribution in [2.24, 2.45) is 0 Å². The van der Waals surface area contributed by atoms with Crippen LogP contribution in [0.3, 0.4) is 0 Å². The Labute approximate surface area is 151 Å². The third-order valence-electron chi connectivity index (χ3n) is 4.84. The first-order valence-corrected chi connectivity index (χ1v) is 8.00. The molecule has 27 heavy (non-hydrogen) atoms. The van der Waals surface area contributed by atoms with Crippen LogP contribution in [0.25, 0.3) is 0 Å². The molecule has 0 aliphatic carbocycles. The smallest absolute Gasteiger partial charge is 0.314 e. The summed E-state index contributed by atoms with van der Waals surface area (Å²) < 4.78 is 80.3. The molecule has 2 nitrogen and oxygen atoms in total. The van der Waals surface area contributed by atoms with Crippen molar-refractivity contribution >= 4 is 11.6 Å². The standard InChI is InChI=1S/C19H15F6NO/c1-17(10-11-6-4-3-5-7-11)15-13(19(23,24)25)8-12(18(20,21)22)9-14(15)26(2)16(17)27/h3-9H,10H2,1-2H3. The molecule has 0 fully saturated rings. The van der Waals surface area contributed by atoms with Crippen molar-refractivity contribution < 1.29 is 31.1 Å². The zero-order chi connectivity index (χ0) is 20.2. The molecule has 3 rings (SSSR count). The average molecular weight is 387 g/mol. The zero-order valence-corrected chi connectivity index (χ0v) is 14.4. The van der Waals surface area contributed by atoms with Crippen LogP contribution in [0.15, 0.2) is 42.5 Å². The molecule has 0 saturated heterocycles. The maximum Gasteiger partial charge on any atom is 0.416 e. The second kappa shape index (κ2) is 6.00. The summed E-state index contributed by atoms with van der Waals surface area (Å²) in [6.07, 6.45) is -10.1. The third-order valence-corrected chi connectivity index (χ3v) is 4.84. The highest BCUT2D eigenvalue weighted by molar-refractivity contribution is 6.08. The van der Waals surface area contributed by atoms with Crippen LogP contribution in [-0.4, -0.2) is 13.0 Å². The first kappa shape index (κ1) is 19.3. The van der Waals surface area contributed by atoms with Crippen LogP contribution in [0.1, 0.15) is 29.2 Å². The molecule has 2 aromatic rings. The quantitative estimate of drug-likeness (QED) is 0.649. The van der Waals surface area contributed by atoms with Crippen LogP contribution in [-0.2, 0) is 29.0 Å². The Morgan fingerprint density at radius 1 is 0.963 bits per heavy atom. The first-order valence-electron chi connectivity index (χ1n) is 8.00. The number of fused-ring (bicyclic) bond motifs is 1. The number of hydrogen-bond donors (Lipinski definition) is 0. The number of carbonyl (C=O) groups is 1. The van der Waals surface area contributed by atoms with Crippen LogP contribution in [0.2, 0.25) is 0 Å². The largest absolute Gasteiger partial charge is 0.416 e. The summed E-state index contributed by atoms with van der Waals surface area (Å²) in [5, 5.41) is 0. The molecule has 144 valence electrons. The molecule has 1 unspecified atom stereocenters. The normalized spacial score (nSPS) is 20.1. The van der Waals surface area contributed by atoms with Crippen molar-refractivity contribution in [3.05, 3.63) is 64.7 Å². The molecule has 1 aliphatic heterocycles. The lowest BCUT2D eigenvalue weighted by molar-refractivity contribution is -0.143. The number of hydrogen-bond acceptors (Lipinski definition) is 1. The van der Waals surface area contributed by atoms with E-state index in [4.69, 9.17) is 0 Å². The second-order valence-corrected chi connectivity index (χ2v) is 6.77. The van der Waals surface area contributed by atoms with Gasteiger partial charge >= 0.3 is 12.4 Å². The lowest BCUT2D eigenvalue weighted by atomic mass is 9.76. The maximum absolute atomic E-state index is 13.7. The number of rotatable bonds is 2. The summed E-state index contributed by atoms with van der Waals surface area (Å²) in [6.45, 7) is 1.34. The van der Waals surface area contributed by atoms with Crippen LogP contribution in [0, 0.1) is 0 Å². The van der Waals surface area contributed by atoms with Crippen molar-refractivity contribution in [1.82, 2.24) is 0 Å². The molecule has 0 N–H and O–H groups in total. The van der Waals surface area contributed by atoms with Crippen LogP contribution in [0.5, 0.6) is 0 Å². The molecule has 8 heteroatoms. The summed E-state index contributed by atoms with van der Waals surface area (Å²) >= 11 is 0. The van der Waals surface area contributed by atoms with Gasteiger partial charge in [-0.3, -0.25) is 4.79 Å². The zero-order valence-electron chi connectivity index (χ0n) is 14.4. The number of amides is 1. The Morgan fingerprint density at radius 2 is 1.56 bits per heavy atom. The van der Waals surface area contributed by atoms with Gasteiger partial charge < -0.3 is 4.90 Å². The Bertz CT molecular complexity index is 888. The number of benzene rings is 2. The molecule has 0 radical (unpaired) electrons. The molecule has 1 atom stereocenters. The molecular weight excluding hydrogens is 372 g/mol. The molecule has 2 aromatic carbocycles. The van der Waals surface area contributed by atoms with Gasteiger partial charge in [-0.15, -0.1) is 0 Å². The monoisotopic (exact) mass is 387 g/mol. The number of likely N-dealkylation sites (N-methyl/N-ethyl adjacent to an activating group) is 1. The van der Waals surface area contributed by atoms with Gasteiger partial charge in [0.05, 0.1) is 16.5 Å². The summed E-state index contributed by atoms with van der Waals surface area (Å²) in [4.78, 5) is 13.7. The van der Waals surface area contributed by atoms with Crippen molar-refractivity contribution in [2.75, 3.05) is 11.9 Å². The number of alkyl halides is 6. The third kappa shape index (κ3) is 3.17. The van der Waals surface area contributed by atoms with Crippen molar-refractivity contribution in [3.8, 4) is 0 Å². The number of halogens is 6. The summed E-state index contributed by atoms with van der Waals surface area (Å²) in [7, 11) is 1.19. The van der Waals surface area contributed by atoms with E-state index in [0.717, 1.165) is 4.90 Å². The fraction of sp³-hybridized carbons (Fsp3) is 0.316. The summed E-state index contributed by atoms with van der Waals surface area (Å²) in [5.74, 6) is -0.675. The highest BCUT2D eigenvalue weighted by Crippen LogP contribution is 2.51. The van der Waals surface area contributed by atoms with Gasteiger partial charge in [0.2, 0.25) is 5.91 Å². The molecule has 1 aliphatic rings. The maximum atomic E-state index is 13.7. The lowest BCUT2D eigenvalue weighted by Gasteiger charge is -2.26. The van der Waals surface area contributed by atoms with Crippen LogP contribution < -0.4 is 4.90 Å². The Balaban J connectivity index is 2.28. The summed E-state index contributed by atoms with van der Waals surface area (Å²) in [5.41, 5.74) is -4.65. The first-order chi connectivity index (χ1) is 12.4. The van der Waals surface area contributed by atoms with E-state index in [0.29, 0.717) is 11.6 Å². The minimum absolute atomic E-state index is 0.0571. The topological polar surface area (TPSA) is 20.3 Å². The minimum Gasteiger partial charge on any atom is -0.314 e. The van der Waals surface area contributed by atoms with Gasteiger partial charge in [0.25, 0.3) is 0 Å². The van der Waals surface area contributed by atoms with Gasteiger partial charge in [0.1, 0.15) is 0 Å². The predicted octanol–water partition coefficient (Wildman–Crippen LogP) is 5.20. The summed E-state index contributed by atoms with van der Waals surface area (Å²) in [6, 6.07) is 9.11. The van der Waals surface area contributed by atoms with E-state index in [1.54, 1.807) is 30.3 Å². The number of nitrogens with zero attached hydrogens (tertiary/aromatic N) is 1. The Hall–Kier alpha value is -2.51. The van der Waals surface area contributed by atoms with Crippen LogP contribution in [0.4, 0.5) is 32.0 Å². The number of carbonyl (C=O) groups excluding carboxylic acids is 1. The molecule has 0 bridgehead atoms. The highest BCUT2D eigenvalue weighted by atomic mass is 19.4. The van der Waals surface area contributed by atoms with Gasteiger partial charge in [0.15, 0.2) is 0 Å². The Morgan fingerprint density at radius 3 is 2.07 bits per heavy atom. The molecule has 0 aromatic heterocycles. The lowest BCUT2D eigenvalue weighted by Crippen LogP contribution is -2.38. The van der Waals surface area contributed by atoms with E-state index in [1.807, 2.05) is 0 Å². The van der Waals surface area contributed by atoms with E-state index < -0.39 is 40.4 Å². The SMILES string of the molecule is CN1C(=O)C(C)(Cc2ccccc2)c2c1cc(C(F)(F)F)cc2C(F)(F)F. The van der Waals surface area contributed by atoms with Gasteiger partial charge in [-0.05, 0) is 31.0 Å². The molecule has 1 amide bonds. The predicted molar refractivity (Wildman–Crippen MR) is 87.4 cm³/mol. The molecule has 0 saturated carbocycles. The van der Waals surface area contributed by atoms with E-state index >= 15 is 0 Å².